The van der Waals surface area contributed by atoms with E-state index in [2.05, 4.69) is 4.98 Å². The number of fused-ring (bicyclic) bond motifs is 2. The van der Waals surface area contributed by atoms with Crippen molar-refractivity contribution in [2.45, 2.75) is 13.0 Å². The normalized spacial score (nSPS) is 13.0. The molecule has 0 unspecified atom stereocenters. The van der Waals surface area contributed by atoms with E-state index in [1.165, 1.54) is 12.1 Å². The third kappa shape index (κ3) is 2.41. The molecule has 0 saturated carbocycles. The average molecular weight is 314 g/mol. The number of hydrogen-bond acceptors (Lipinski definition) is 4. The molecule has 0 amide bonds. The van der Waals surface area contributed by atoms with Gasteiger partial charge in [0.05, 0.1) is 11.0 Å². The van der Waals surface area contributed by atoms with Gasteiger partial charge in [0.15, 0.2) is 11.5 Å². The van der Waals surface area contributed by atoms with Gasteiger partial charge in [-0.25, -0.2) is 9.37 Å². The fourth-order valence-electron chi connectivity index (χ4n) is 2.82. The SMILES string of the molecule is OCCCn1c(-c2cccc(F)c2)nc2cc3c(cc21)OCO3. The first-order chi connectivity index (χ1) is 11.3. The van der Waals surface area contributed by atoms with Gasteiger partial charge < -0.3 is 19.1 Å². The average Bonchev–Trinajstić information content (AvgIpc) is 3.14. The van der Waals surface area contributed by atoms with Crippen molar-refractivity contribution in [1.29, 1.82) is 0 Å². The molecule has 0 fully saturated rings. The van der Waals surface area contributed by atoms with Crippen LogP contribution in [0.5, 0.6) is 11.5 Å². The number of aryl methyl sites for hydroxylation is 1. The van der Waals surface area contributed by atoms with Gasteiger partial charge in [-0.2, -0.15) is 0 Å². The van der Waals surface area contributed by atoms with E-state index in [0.29, 0.717) is 35.9 Å². The molecule has 1 N–H and O–H groups in total. The lowest BCUT2D eigenvalue weighted by Crippen LogP contribution is -2.02. The lowest BCUT2D eigenvalue weighted by molar-refractivity contribution is 0.174. The molecule has 1 aliphatic rings. The Kier molecular flexibility index (Phi) is 3.38. The molecule has 1 aliphatic heterocycles. The summed E-state index contributed by atoms with van der Waals surface area (Å²) in [6.45, 7) is 0.862. The van der Waals surface area contributed by atoms with E-state index in [-0.39, 0.29) is 19.2 Å². The van der Waals surface area contributed by atoms with Crippen LogP contribution in [0.25, 0.3) is 22.4 Å². The van der Waals surface area contributed by atoms with E-state index in [4.69, 9.17) is 14.6 Å². The second-order valence-corrected chi connectivity index (χ2v) is 5.37. The van der Waals surface area contributed by atoms with Crippen LogP contribution in [-0.4, -0.2) is 28.1 Å². The second-order valence-electron chi connectivity index (χ2n) is 5.37. The van der Waals surface area contributed by atoms with E-state index in [1.807, 2.05) is 22.8 Å². The smallest absolute Gasteiger partial charge is 0.231 e. The number of ether oxygens (including phenoxy) is 2. The molecule has 0 spiro atoms. The van der Waals surface area contributed by atoms with Gasteiger partial charge in [0.25, 0.3) is 0 Å². The Labute approximate surface area is 131 Å². The maximum absolute atomic E-state index is 13.6. The predicted octanol–water partition coefficient (Wildman–Crippen LogP) is 2.95. The van der Waals surface area contributed by atoms with Gasteiger partial charge >= 0.3 is 0 Å². The summed E-state index contributed by atoms with van der Waals surface area (Å²) in [7, 11) is 0. The summed E-state index contributed by atoms with van der Waals surface area (Å²) in [6.07, 6.45) is 0.586. The molecule has 0 bridgehead atoms. The molecular formula is C17H15FN2O3. The van der Waals surface area contributed by atoms with Crippen LogP contribution in [0.3, 0.4) is 0 Å². The third-order valence-electron chi connectivity index (χ3n) is 3.87. The topological polar surface area (TPSA) is 56.5 Å². The van der Waals surface area contributed by atoms with Crippen molar-refractivity contribution >= 4 is 11.0 Å². The van der Waals surface area contributed by atoms with E-state index >= 15 is 0 Å². The molecule has 2 aromatic carbocycles. The first kappa shape index (κ1) is 14.0. The highest BCUT2D eigenvalue weighted by molar-refractivity contribution is 5.84. The minimum absolute atomic E-state index is 0.0762. The summed E-state index contributed by atoms with van der Waals surface area (Å²) in [4.78, 5) is 4.63. The van der Waals surface area contributed by atoms with E-state index in [9.17, 15) is 4.39 Å². The second kappa shape index (κ2) is 5.55. The zero-order valence-corrected chi connectivity index (χ0v) is 12.3. The van der Waals surface area contributed by atoms with Crippen LogP contribution in [0.2, 0.25) is 0 Å². The summed E-state index contributed by atoms with van der Waals surface area (Å²) < 4.78 is 26.4. The Morgan fingerprint density at radius 3 is 2.78 bits per heavy atom. The van der Waals surface area contributed by atoms with Crippen LogP contribution >= 0.6 is 0 Å². The van der Waals surface area contributed by atoms with Crippen LogP contribution in [0, 0.1) is 5.82 Å². The number of benzene rings is 2. The molecule has 0 atom stereocenters. The number of imidazole rings is 1. The Balaban J connectivity index is 1.92. The number of aliphatic hydroxyl groups is 1. The van der Waals surface area contributed by atoms with Crippen LogP contribution < -0.4 is 9.47 Å². The van der Waals surface area contributed by atoms with E-state index in [1.54, 1.807) is 6.07 Å². The third-order valence-corrected chi connectivity index (χ3v) is 3.87. The molecule has 23 heavy (non-hydrogen) atoms. The van der Waals surface area contributed by atoms with Gasteiger partial charge in [-0.1, -0.05) is 12.1 Å². The van der Waals surface area contributed by atoms with Crippen molar-refractivity contribution in [2.24, 2.45) is 0 Å². The molecule has 4 rings (SSSR count). The summed E-state index contributed by atoms with van der Waals surface area (Å²) in [5, 5.41) is 9.16. The van der Waals surface area contributed by atoms with Crippen molar-refractivity contribution in [3.05, 3.63) is 42.2 Å². The summed E-state index contributed by atoms with van der Waals surface area (Å²) >= 11 is 0. The maximum Gasteiger partial charge on any atom is 0.231 e. The Bertz CT molecular complexity index is 876. The van der Waals surface area contributed by atoms with Crippen LogP contribution in [0.4, 0.5) is 4.39 Å². The molecule has 2 heterocycles. The van der Waals surface area contributed by atoms with Gasteiger partial charge in [0.1, 0.15) is 11.6 Å². The van der Waals surface area contributed by atoms with Crippen molar-refractivity contribution in [3.8, 4) is 22.9 Å². The summed E-state index contributed by atoms with van der Waals surface area (Å²) in [6, 6.07) is 10.0. The minimum Gasteiger partial charge on any atom is -0.454 e. The lowest BCUT2D eigenvalue weighted by atomic mass is 10.2. The molecule has 0 radical (unpaired) electrons. The molecule has 0 aliphatic carbocycles. The van der Waals surface area contributed by atoms with Gasteiger partial charge in [-0.05, 0) is 18.6 Å². The highest BCUT2D eigenvalue weighted by atomic mass is 19.1. The fraction of sp³-hybridized carbons (Fsp3) is 0.235. The largest absolute Gasteiger partial charge is 0.454 e. The first-order valence-electron chi connectivity index (χ1n) is 7.43. The quantitative estimate of drug-likeness (QED) is 0.804. The van der Waals surface area contributed by atoms with E-state index in [0.717, 1.165) is 11.0 Å². The van der Waals surface area contributed by atoms with Gasteiger partial charge in [-0.15, -0.1) is 0 Å². The molecular weight excluding hydrogens is 299 g/mol. The minimum atomic E-state index is -0.308. The number of aromatic nitrogens is 2. The number of hydrogen-bond donors (Lipinski definition) is 1. The van der Waals surface area contributed by atoms with Crippen molar-refractivity contribution in [3.63, 3.8) is 0 Å². The Morgan fingerprint density at radius 2 is 2.00 bits per heavy atom. The maximum atomic E-state index is 13.6. The molecule has 6 heteroatoms. The van der Waals surface area contributed by atoms with Crippen molar-refractivity contribution < 1.29 is 19.0 Å². The lowest BCUT2D eigenvalue weighted by Gasteiger charge is -2.09. The van der Waals surface area contributed by atoms with Crippen molar-refractivity contribution in [2.75, 3.05) is 13.4 Å². The van der Waals surface area contributed by atoms with Gasteiger partial charge in [0.2, 0.25) is 6.79 Å². The molecule has 0 saturated heterocycles. The van der Waals surface area contributed by atoms with E-state index < -0.39 is 0 Å². The van der Waals surface area contributed by atoms with Crippen molar-refractivity contribution in [1.82, 2.24) is 9.55 Å². The fourth-order valence-corrected chi connectivity index (χ4v) is 2.82. The molecule has 3 aromatic rings. The van der Waals surface area contributed by atoms with Crippen LogP contribution in [0.15, 0.2) is 36.4 Å². The number of nitrogens with zero attached hydrogens (tertiary/aromatic N) is 2. The number of rotatable bonds is 4. The summed E-state index contributed by atoms with van der Waals surface area (Å²) in [5.74, 6) is 1.69. The van der Waals surface area contributed by atoms with Gasteiger partial charge in [0, 0.05) is 30.8 Å². The van der Waals surface area contributed by atoms with Gasteiger partial charge in [-0.3, -0.25) is 0 Å². The molecule has 5 nitrogen and oxygen atoms in total. The summed E-state index contributed by atoms with van der Waals surface area (Å²) in [5.41, 5.74) is 2.33. The first-order valence-corrected chi connectivity index (χ1v) is 7.43. The molecule has 1 aromatic heterocycles. The zero-order valence-electron chi connectivity index (χ0n) is 12.3. The predicted molar refractivity (Wildman–Crippen MR) is 83.0 cm³/mol. The molecule has 118 valence electrons. The highest BCUT2D eigenvalue weighted by Gasteiger charge is 2.19. The monoisotopic (exact) mass is 314 g/mol. The Hall–Kier alpha value is -2.60. The highest BCUT2D eigenvalue weighted by Crippen LogP contribution is 2.37. The number of halogens is 1. The number of aliphatic hydroxyl groups excluding tert-OH is 1. The van der Waals surface area contributed by atoms with Crippen LogP contribution in [0.1, 0.15) is 6.42 Å². The Morgan fingerprint density at radius 1 is 1.17 bits per heavy atom. The zero-order chi connectivity index (χ0) is 15.8. The standard InChI is InChI=1S/C17H15FN2O3/c18-12-4-1-3-11(7-12)17-19-13-8-15-16(23-10-22-15)9-14(13)20(17)5-2-6-21/h1,3-4,7-9,21H,2,5-6,10H2. The van der Waals surface area contributed by atoms with Crippen LogP contribution in [-0.2, 0) is 6.54 Å².